The van der Waals surface area contributed by atoms with E-state index in [9.17, 15) is 4.79 Å². The lowest BCUT2D eigenvalue weighted by Crippen LogP contribution is -2.27. The first-order chi connectivity index (χ1) is 9.62. The van der Waals surface area contributed by atoms with E-state index in [0.717, 1.165) is 11.3 Å². The zero-order valence-corrected chi connectivity index (χ0v) is 12.3. The van der Waals surface area contributed by atoms with Gasteiger partial charge in [0.05, 0.1) is 26.7 Å². The highest BCUT2D eigenvalue weighted by molar-refractivity contribution is 5.70. The highest BCUT2D eigenvalue weighted by Gasteiger charge is 2.20. The summed E-state index contributed by atoms with van der Waals surface area (Å²) in [5.74, 6) is 3.15. The highest BCUT2D eigenvalue weighted by atomic mass is 16.5. The lowest BCUT2D eigenvalue weighted by Gasteiger charge is -2.26. The standard InChI is InChI=1S/C16H21NO3/c1-5-11-17(3)15(12-16(18)20-6-2)13-7-9-14(19-4)10-8-13/h1,7-10,15H,6,11-12H2,2-4H3. The van der Waals surface area contributed by atoms with E-state index in [1.807, 2.05) is 36.2 Å². The number of carbonyl (C=O) groups excluding carboxylic acids is 1. The third-order valence-electron chi connectivity index (χ3n) is 3.04. The average molecular weight is 275 g/mol. The summed E-state index contributed by atoms with van der Waals surface area (Å²) in [7, 11) is 3.52. The molecule has 0 aliphatic rings. The lowest BCUT2D eigenvalue weighted by molar-refractivity contribution is -0.144. The molecule has 0 aliphatic carbocycles. The minimum Gasteiger partial charge on any atom is -0.497 e. The molecule has 0 N–H and O–H groups in total. The number of hydrogen-bond acceptors (Lipinski definition) is 4. The van der Waals surface area contributed by atoms with E-state index >= 15 is 0 Å². The molecule has 4 nitrogen and oxygen atoms in total. The van der Waals surface area contributed by atoms with E-state index in [1.165, 1.54) is 0 Å². The van der Waals surface area contributed by atoms with Crippen LogP contribution in [-0.2, 0) is 9.53 Å². The Morgan fingerprint density at radius 2 is 2.05 bits per heavy atom. The first kappa shape index (κ1) is 16.1. The van der Waals surface area contributed by atoms with E-state index < -0.39 is 0 Å². The number of hydrogen-bond donors (Lipinski definition) is 0. The first-order valence-electron chi connectivity index (χ1n) is 6.55. The van der Waals surface area contributed by atoms with Crippen molar-refractivity contribution in [2.75, 3.05) is 27.3 Å². The van der Waals surface area contributed by atoms with Gasteiger partial charge < -0.3 is 9.47 Å². The molecule has 0 radical (unpaired) electrons. The van der Waals surface area contributed by atoms with Crippen molar-refractivity contribution < 1.29 is 14.3 Å². The molecule has 0 saturated carbocycles. The lowest BCUT2D eigenvalue weighted by atomic mass is 10.0. The van der Waals surface area contributed by atoms with Gasteiger partial charge in [-0.15, -0.1) is 6.42 Å². The van der Waals surface area contributed by atoms with Crippen LogP contribution in [0, 0.1) is 12.3 Å². The van der Waals surface area contributed by atoms with E-state index in [2.05, 4.69) is 5.92 Å². The molecular weight excluding hydrogens is 254 g/mol. The number of methoxy groups -OCH3 is 1. The van der Waals surface area contributed by atoms with Crippen LogP contribution in [0.3, 0.4) is 0 Å². The second-order valence-electron chi connectivity index (χ2n) is 4.42. The van der Waals surface area contributed by atoms with Crippen molar-refractivity contribution in [1.82, 2.24) is 4.90 Å². The Balaban J connectivity index is 2.90. The summed E-state index contributed by atoms with van der Waals surface area (Å²) in [6.45, 7) is 2.65. The van der Waals surface area contributed by atoms with Gasteiger partial charge in [-0.05, 0) is 31.7 Å². The largest absolute Gasteiger partial charge is 0.497 e. The maximum atomic E-state index is 11.7. The van der Waals surface area contributed by atoms with Gasteiger partial charge in [-0.25, -0.2) is 0 Å². The maximum Gasteiger partial charge on any atom is 0.307 e. The molecule has 0 saturated heterocycles. The Morgan fingerprint density at radius 1 is 1.40 bits per heavy atom. The van der Waals surface area contributed by atoms with E-state index in [4.69, 9.17) is 15.9 Å². The Kier molecular flexibility index (Phi) is 6.61. The number of carbonyl (C=O) groups is 1. The third-order valence-corrected chi connectivity index (χ3v) is 3.04. The van der Waals surface area contributed by atoms with Gasteiger partial charge in [0.2, 0.25) is 0 Å². The molecule has 0 amide bonds. The quantitative estimate of drug-likeness (QED) is 0.565. The molecule has 0 aromatic heterocycles. The van der Waals surface area contributed by atoms with Crippen LogP contribution in [0.15, 0.2) is 24.3 Å². The second kappa shape index (κ2) is 8.23. The summed E-state index contributed by atoms with van der Waals surface area (Å²) in [6.07, 6.45) is 5.63. The van der Waals surface area contributed by atoms with Gasteiger partial charge >= 0.3 is 5.97 Å². The van der Waals surface area contributed by atoms with Crippen LogP contribution in [0.25, 0.3) is 0 Å². The number of benzene rings is 1. The fourth-order valence-corrected chi connectivity index (χ4v) is 1.99. The zero-order chi connectivity index (χ0) is 15.0. The summed E-state index contributed by atoms with van der Waals surface area (Å²) in [4.78, 5) is 13.7. The fraction of sp³-hybridized carbons (Fsp3) is 0.438. The number of ether oxygens (including phenoxy) is 2. The summed E-state index contributed by atoms with van der Waals surface area (Å²) >= 11 is 0. The van der Waals surface area contributed by atoms with Gasteiger partial charge in [-0.1, -0.05) is 18.1 Å². The summed E-state index contributed by atoms with van der Waals surface area (Å²) in [5, 5.41) is 0. The summed E-state index contributed by atoms with van der Waals surface area (Å²) < 4.78 is 10.2. The number of rotatable bonds is 7. The normalized spacial score (nSPS) is 11.8. The number of esters is 1. The summed E-state index contributed by atoms with van der Waals surface area (Å²) in [6, 6.07) is 7.52. The Hall–Kier alpha value is -1.99. The molecule has 0 heterocycles. The molecule has 0 bridgehead atoms. The molecule has 1 rings (SSSR count). The molecular formula is C16H21NO3. The van der Waals surface area contributed by atoms with Crippen molar-refractivity contribution >= 4 is 5.97 Å². The summed E-state index contributed by atoms with van der Waals surface area (Å²) in [5.41, 5.74) is 1.01. The predicted molar refractivity (Wildman–Crippen MR) is 78.4 cm³/mol. The van der Waals surface area contributed by atoms with Gasteiger partial charge in [0.1, 0.15) is 5.75 Å². The van der Waals surface area contributed by atoms with Gasteiger partial charge in [0, 0.05) is 6.04 Å². The SMILES string of the molecule is C#CCN(C)C(CC(=O)OCC)c1ccc(OC)cc1. The molecule has 0 aliphatic heterocycles. The van der Waals surface area contributed by atoms with Crippen LogP contribution in [0.4, 0.5) is 0 Å². The van der Waals surface area contributed by atoms with Crippen LogP contribution in [0.2, 0.25) is 0 Å². The van der Waals surface area contributed by atoms with Crippen molar-refractivity contribution in [2.45, 2.75) is 19.4 Å². The van der Waals surface area contributed by atoms with Crippen molar-refractivity contribution in [3.05, 3.63) is 29.8 Å². The molecule has 1 aromatic carbocycles. The fourth-order valence-electron chi connectivity index (χ4n) is 1.99. The van der Waals surface area contributed by atoms with Crippen molar-refractivity contribution in [2.24, 2.45) is 0 Å². The highest BCUT2D eigenvalue weighted by Crippen LogP contribution is 2.25. The second-order valence-corrected chi connectivity index (χ2v) is 4.42. The van der Waals surface area contributed by atoms with Crippen LogP contribution in [0.5, 0.6) is 5.75 Å². The van der Waals surface area contributed by atoms with Crippen molar-refractivity contribution in [3.63, 3.8) is 0 Å². The minimum atomic E-state index is -0.225. The number of terminal acetylenes is 1. The third kappa shape index (κ3) is 4.60. The molecule has 108 valence electrons. The molecule has 4 heteroatoms. The van der Waals surface area contributed by atoms with Crippen LogP contribution in [0.1, 0.15) is 24.9 Å². The van der Waals surface area contributed by atoms with E-state index in [1.54, 1.807) is 14.0 Å². The van der Waals surface area contributed by atoms with Gasteiger partial charge in [-0.2, -0.15) is 0 Å². The Labute approximate surface area is 120 Å². The molecule has 1 unspecified atom stereocenters. The molecule has 0 fully saturated rings. The monoisotopic (exact) mass is 275 g/mol. The predicted octanol–water partition coefficient (Wildman–Crippen LogP) is 2.25. The van der Waals surface area contributed by atoms with E-state index in [-0.39, 0.29) is 18.4 Å². The van der Waals surface area contributed by atoms with Gasteiger partial charge in [0.15, 0.2) is 0 Å². The van der Waals surface area contributed by atoms with E-state index in [0.29, 0.717) is 13.2 Å². The molecule has 20 heavy (non-hydrogen) atoms. The Bertz CT molecular complexity index is 462. The van der Waals surface area contributed by atoms with Crippen LogP contribution < -0.4 is 4.74 Å². The van der Waals surface area contributed by atoms with Crippen LogP contribution in [-0.4, -0.2) is 38.2 Å². The zero-order valence-electron chi connectivity index (χ0n) is 12.3. The Morgan fingerprint density at radius 3 is 2.55 bits per heavy atom. The average Bonchev–Trinajstić information content (AvgIpc) is 2.45. The number of nitrogens with zero attached hydrogens (tertiary/aromatic N) is 1. The maximum absolute atomic E-state index is 11.7. The van der Waals surface area contributed by atoms with Crippen molar-refractivity contribution in [1.29, 1.82) is 0 Å². The van der Waals surface area contributed by atoms with Crippen LogP contribution >= 0.6 is 0 Å². The topological polar surface area (TPSA) is 38.8 Å². The molecule has 1 atom stereocenters. The minimum absolute atomic E-state index is 0.101. The van der Waals surface area contributed by atoms with Crippen molar-refractivity contribution in [3.8, 4) is 18.1 Å². The molecule has 0 spiro atoms. The smallest absolute Gasteiger partial charge is 0.307 e. The first-order valence-corrected chi connectivity index (χ1v) is 6.55. The van der Waals surface area contributed by atoms with Gasteiger partial charge in [0.25, 0.3) is 0 Å². The van der Waals surface area contributed by atoms with Gasteiger partial charge in [-0.3, -0.25) is 9.69 Å². The molecule has 1 aromatic rings.